The largest absolute Gasteiger partial charge is 0.493 e. The van der Waals surface area contributed by atoms with Gasteiger partial charge in [-0.1, -0.05) is 6.07 Å². The van der Waals surface area contributed by atoms with Crippen LogP contribution in [-0.2, 0) is 50.3 Å². The predicted octanol–water partition coefficient (Wildman–Crippen LogP) is 8.86. The highest BCUT2D eigenvalue weighted by atomic mass is 17.2. The summed E-state index contributed by atoms with van der Waals surface area (Å²) in [6, 6.07) is 7.34. The highest BCUT2D eigenvalue weighted by Gasteiger charge is 2.52. The van der Waals surface area contributed by atoms with Crippen LogP contribution in [0.25, 0.3) is 11.1 Å². The number of aryl methyl sites for hydroxylation is 1. The van der Waals surface area contributed by atoms with Gasteiger partial charge in [-0.2, -0.15) is 19.6 Å². The Hall–Kier alpha value is -4.89. The fraction of sp³-hybridized carbons (Fsp3) is 0.512. The van der Waals surface area contributed by atoms with Crippen molar-refractivity contribution in [1.29, 1.82) is 0 Å². The molecule has 2 aromatic rings. The molecule has 14 heteroatoms. The van der Waals surface area contributed by atoms with E-state index in [9.17, 15) is 4.79 Å². The molecule has 0 aromatic heterocycles. The summed E-state index contributed by atoms with van der Waals surface area (Å²) in [4.78, 5) is 58.6. The Morgan fingerprint density at radius 2 is 1.28 bits per heavy atom. The molecule has 2 aromatic carbocycles. The first-order valence-electron chi connectivity index (χ1n) is 19.0. The zero-order chi connectivity index (χ0) is 41.6. The lowest BCUT2D eigenvalue weighted by molar-refractivity contribution is -0.425. The van der Waals surface area contributed by atoms with E-state index in [0.29, 0.717) is 42.3 Å². The van der Waals surface area contributed by atoms with Crippen molar-refractivity contribution in [1.82, 2.24) is 5.32 Å². The first kappa shape index (κ1) is 44.8. The maximum atomic E-state index is 12.6. The number of hydrogen-bond donors (Lipinski definition) is 1. The van der Waals surface area contributed by atoms with Gasteiger partial charge in [-0.15, -0.1) is 0 Å². The van der Waals surface area contributed by atoms with Crippen molar-refractivity contribution in [3.05, 3.63) is 82.7 Å². The number of amides is 1. The summed E-state index contributed by atoms with van der Waals surface area (Å²) < 4.78 is 24.2. The molecule has 0 unspecified atom stereocenters. The molecule has 0 radical (unpaired) electrons. The molecule has 0 spiro atoms. The zero-order valence-corrected chi connectivity index (χ0v) is 35.2. The van der Waals surface area contributed by atoms with Crippen molar-refractivity contribution in [2.45, 2.75) is 112 Å². The number of benzene rings is 2. The van der Waals surface area contributed by atoms with Crippen molar-refractivity contribution in [3.8, 4) is 34.1 Å². The average Bonchev–Trinajstić information content (AvgIpc) is 3.29. The normalized spacial score (nSPS) is 20.8. The van der Waals surface area contributed by atoms with Crippen LogP contribution in [0.1, 0.15) is 92.3 Å². The Balaban J connectivity index is 1.84. The molecular weight excluding hydrogens is 738 g/mol. The summed E-state index contributed by atoms with van der Waals surface area (Å²) in [5.74, 6) is 1.43. The minimum absolute atomic E-state index is 0.0627. The number of fused-ring (bicyclic) bond motifs is 3. The Morgan fingerprint density at radius 1 is 0.702 bits per heavy atom. The van der Waals surface area contributed by atoms with E-state index in [1.807, 2.05) is 79.7 Å². The average molecular weight is 798 g/mol. The second kappa shape index (κ2) is 21.6. The summed E-state index contributed by atoms with van der Waals surface area (Å²) in [6.07, 6.45) is 4.01. The first-order valence-corrected chi connectivity index (χ1v) is 19.0. The minimum atomic E-state index is -0.987. The van der Waals surface area contributed by atoms with Crippen LogP contribution in [0.2, 0.25) is 0 Å². The topological polar surface area (TPSA) is 140 Å². The molecule has 4 rings (SSSR count). The van der Waals surface area contributed by atoms with E-state index in [4.69, 9.17) is 58.0 Å². The lowest BCUT2D eigenvalue weighted by Crippen LogP contribution is -2.59. The summed E-state index contributed by atoms with van der Waals surface area (Å²) in [7, 11) is 4.76. The molecule has 1 amide bonds. The molecule has 0 saturated heterocycles. The lowest BCUT2D eigenvalue weighted by Gasteiger charge is -2.42. The fourth-order valence-corrected chi connectivity index (χ4v) is 6.55. The number of methoxy groups -OCH3 is 3. The number of carbonyl (C=O) groups is 1. The number of carbonyl (C=O) groups excluding carboxylic acids is 1. The molecule has 57 heavy (non-hydrogen) atoms. The molecule has 1 saturated carbocycles. The summed E-state index contributed by atoms with van der Waals surface area (Å²) in [5, 5.41) is 3.14. The van der Waals surface area contributed by atoms with E-state index in [2.05, 4.69) is 5.32 Å². The van der Waals surface area contributed by atoms with Gasteiger partial charge in [-0.25, -0.2) is 0 Å². The van der Waals surface area contributed by atoms with Gasteiger partial charge >= 0.3 is 0 Å². The molecule has 0 aliphatic heterocycles. The van der Waals surface area contributed by atoms with Crippen molar-refractivity contribution in [2.75, 3.05) is 27.9 Å². The van der Waals surface area contributed by atoms with Crippen LogP contribution in [0.15, 0.2) is 71.6 Å². The van der Waals surface area contributed by atoms with Gasteiger partial charge < -0.3 is 43.8 Å². The molecule has 0 bridgehead atoms. The third-order valence-electron chi connectivity index (χ3n) is 8.95. The van der Waals surface area contributed by atoms with Gasteiger partial charge in [0.15, 0.2) is 23.7 Å². The van der Waals surface area contributed by atoms with Gasteiger partial charge in [-0.3, -0.25) is 4.79 Å². The van der Waals surface area contributed by atoms with Crippen LogP contribution in [0.5, 0.6) is 23.0 Å². The van der Waals surface area contributed by atoms with Crippen LogP contribution in [0.3, 0.4) is 0 Å². The molecule has 14 nitrogen and oxygen atoms in total. The number of rotatable bonds is 19. The van der Waals surface area contributed by atoms with Crippen LogP contribution in [0.4, 0.5) is 0 Å². The molecule has 314 valence electrons. The van der Waals surface area contributed by atoms with Crippen LogP contribution in [0, 0.1) is 5.92 Å². The predicted molar refractivity (Wildman–Crippen MR) is 212 cm³/mol. The summed E-state index contributed by atoms with van der Waals surface area (Å²) in [6.45, 7) is 16.6. The zero-order valence-electron chi connectivity index (χ0n) is 35.2. The molecule has 1 N–H and O–H groups in total. The Labute approximate surface area is 336 Å². The van der Waals surface area contributed by atoms with Crippen molar-refractivity contribution in [2.24, 2.45) is 5.92 Å². The maximum absolute atomic E-state index is 12.6. The van der Waals surface area contributed by atoms with Crippen LogP contribution in [-0.4, -0.2) is 58.3 Å². The molecule has 6 atom stereocenters. The third kappa shape index (κ3) is 12.3. The van der Waals surface area contributed by atoms with Crippen molar-refractivity contribution >= 4 is 5.91 Å². The Kier molecular flexibility index (Phi) is 17.0. The van der Waals surface area contributed by atoms with Crippen LogP contribution < -0.4 is 24.3 Å². The second-order valence-corrected chi connectivity index (χ2v) is 15.0. The van der Waals surface area contributed by atoms with Crippen molar-refractivity contribution in [3.63, 3.8) is 0 Å². The molecule has 1 fully saturated rings. The van der Waals surface area contributed by atoms with E-state index in [-0.39, 0.29) is 18.6 Å². The van der Waals surface area contributed by atoms with Gasteiger partial charge in [-0.05, 0) is 132 Å². The molecule has 2 aliphatic carbocycles. The van der Waals surface area contributed by atoms with Crippen molar-refractivity contribution < 1.29 is 62.8 Å². The number of nitrogens with one attached hydrogen (secondary N) is 1. The quantitative estimate of drug-likeness (QED) is 0.0627. The summed E-state index contributed by atoms with van der Waals surface area (Å²) in [5.41, 5.74) is 7.02. The molecule has 0 heterocycles. The standard InChI is InChI=1S/C43H59NO13/c1-25(2)20-49-50-24-31-18-37(41(56-52-22-27(5)6)43(57-53-23-28(7)8)39(31)55-51-21-26(3)4)54-32-14-15-33-34(19-32)35(44-29(9)45)16-13-30-17-36(46-10)40(47-11)42(48-12)38(30)33/h14-15,17,19-23,31,35,37,39,41,43H,13,16,18,24H2,1-12H3,(H,44,45)/t31-,35+,37+,39-,41+,43+/m1/s1. The van der Waals surface area contributed by atoms with Gasteiger partial charge in [0.2, 0.25) is 11.7 Å². The minimum Gasteiger partial charge on any atom is -0.493 e. The number of allylic oxidation sites excluding steroid dienone is 4. The van der Waals surface area contributed by atoms with E-state index in [1.165, 1.54) is 32.0 Å². The number of ether oxygens (including phenoxy) is 4. The van der Waals surface area contributed by atoms with Crippen LogP contribution >= 0.6 is 0 Å². The number of hydrogen-bond acceptors (Lipinski definition) is 13. The molecular formula is C43H59NO13. The third-order valence-corrected chi connectivity index (χ3v) is 8.95. The second-order valence-electron chi connectivity index (χ2n) is 15.0. The fourth-order valence-electron chi connectivity index (χ4n) is 6.55. The van der Waals surface area contributed by atoms with Gasteiger partial charge in [0.25, 0.3) is 0 Å². The molecule has 2 aliphatic rings. The Morgan fingerprint density at radius 3 is 1.84 bits per heavy atom. The Bertz CT molecular complexity index is 1770. The lowest BCUT2D eigenvalue weighted by atomic mass is 9.81. The van der Waals surface area contributed by atoms with E-state index in [0.717, 1.165) is 44.5 Å². The maximum Gasteiger partial charge on any atom is 0.217 e. The van der Waals surface area contributed by atoms with Gasteiger partial charge in [0.1, 0.15) is 43.0 Å². The SMILES string of the molecule is COc1cc2c(c(OC)c1OC)-c1ccc(O[C@H]3C[C@H](COOC=C(C)C)[C@@H](OOC=C(C)C)[C@H](OOC=C(C)C)[C@H]3OOC=C(C)C)cc1[C@@H](NC(C)=O)CC2. The first-order chi connectivity index (χ1) is 27.3. The smallest absolute Gasteiger partial charge is 0.217 e. The summed E-state index contributed by atoms with van der Waals surface area (Å²) >= 11 is 0. The van der Waals surface area contributed by atoms with E-state index in [1.54, 1.807) is 21.3 Å². The van der Waals surface area contributed by atoms with Gasteiger partial charge in [0.05, 0.1) is 34.0 Å². The van der Waals surface area contributed by atoms with Gasteiger partial charge in [0, 0.05) is 18.4 Å². The highest BCUT2D eigenvalue weighted by molar-refractivity contribution is 5.84. The van der Waals surface area contributed by atoms with E-state index < -0.39 is 30.3 Å². The highest BCUT2D eigenvalue weighted by Crippen LogP contribution is 2.51. The monoisotopic (exact) mass is 797 g/mol. The van der Waals surface area contributed by atoms with E-state index >= 15 is 0 Å².